The van der Waals surface area contributed by atoms with Gasteiger partial charge in [-0.15, -0.1) is 0 Å². The first-order valence-electron chi connectivity index (χ1n) is 4.80. The summed E-state index contributed by atoms with van der Waals surface area (Å²) in [5.41, 5.74) is 1.67. The highest BCUT2D eigenvalue weighted by atomic mass is 35.5. The zero-order chi connectivity index (χ0) is 12.6. The summed E-state index contributed by atoms with van der Waals surface area (Å²) < 4.78 is 0. The molecule has 0 amide bonds. The minimum atomic E-state index is 0.0766. The van der Waals surface area contributed by atoms with E-state index in [1.165, 1.54) is 0 Å². The van der Waals surface area contributed by atoms with Crippen molar-refractivity contribution in [3.05, 3.63) is 45.2 Å². The monoisotopic (exact) mass is 287 g/mol. The zero-order valence-corrected chi connectivity index (χ0v) is 11.1. The Morgan fingerprint density at radius 3 is 2.53 bits per heavy atom. The van der Waals surface area contributed by atoms with E-state index in [0.29, 0.717) is 31.9 Å². The predicted molar refractivity (Wildman–Crippen MR) is 71.1 cm³/mol. The van der Waals surface area contributed by atoms with Crippen molar-refractivity contribution in [2.45, 2.75) is 6.92 Å². The summed E-state index contributed by atoms with van der Waals surface area (Å²) in [7, 11) is 0. The summed E-state index contributed by atoms with van der Waals surface area (Å²) >= 11 is 18.0. The summed E-state index contributed by atoms with van der Waals surface area (Å²) in [6, 6.07) is 4.88. The van der Waals surface area contributed by atoms with Crippen LogP contribution in [-0.2, 0) is 0 Å². The number of nitrogens with zero attached hydrogens (tertiary/aromatic N) is 1. The van der Waals surface area contributed by atoms with Crippen LogP contribution in [0.1, 0.15) is 5.69 Å². The molecule has 88 valence electrons. The van der Waals surface area contributed by atoms with Gasteiger partial charge in [-0.2, -0.15) is 0 Å². The maximum absolute atomic E-state index is 9.95. The Labute approximate surface area is 114 Å². The number of aromatic nitrogens is 1. The molecular weight excluding hydrogens is 280 g/mol. The van der Waals surface area contributed by atoms with Gasteiger partial charge in [0.2, 0.25) is 0 Å². The molecule has 0 saturated heterocycles. The lowest BCUT2D eigenvalue weighted by Gasteiger charge is -2.10. The number of hydrogen-bond acceptors (Lipinski definition) is 2. The Morgan fingerprint density at radius 2 is 1.82 bits per heavy atom. The van der Waals surface area contributed by atoms with E-state index in [9.17, 15) is 5.11 Å². The Bertz CT molecular complexity index is 584. The van der Waals surface area contributed by atoms with Crippen LogP contribution in [-0.4, -0.2) is 10.1 Å². The lowest BCUT2D eigenvalue weighted by Crippen LogP contribution is -1.87. The van der Waals surface area contributed by atoms with E-state index in [-0.39, 0.29) is 5.75 Å². The van der Waals surface area contributed by atoms with E-state index in [0.717, 1.165) is 0 Å². The van der Waals surface area contributed by atoms with Crippen molar-refractivity contribution in [3.63, 3.8) is 0 Å². The van der Waals surface area contributed by atoms with E-state index in [2.05, 4.69) is 4.98 Å². The minimum Gasteiger partial charge on any atom is -0.505 e. The van der Waals surface area contributed by atoms with Crippen molar-refractivity contribution >= 4 is 34.8 Å². The molecule has 0 radical (unpaired) electrons. The largest absolute Gasteiger partial charge is 0.505 e. The van der Waals surface area contributed by atoms with Gasteiger partial charge in [-0.25, -0.2) is 0 Å². The molecule has 0 aliphatic rings. The van der Waals surface area contributed by atoms with E-state index >= 15 is 0 Å². The molecule has 0 saturated carbocycles. The number of rotatable bonds is 1. The molecule has 0 unspecified atom stereocenters. The van der Waals surface area contributed by atoms with Gasteiger partial charge in [-0.1, -0.05) is 34.8 Å². The average molecular weight is 289 g/mol. The Kier molecular flexibility index (Phi) is 3.48. The molecule has 1 aromatic heterocycles. The number of halogens is 3. The number of hydrogen-bond donors (Lipinski definition) is 1. The van der Waals surface area contributed by atoms with Crippen LogP contribution in [0.15, 0.2) is 24.4 Å². The summed E-state index contributed by atoms with van der Waals surface area (Å²) in [6.07, 6.45) is 1.59. The lowest BCUT2D eigenvalue weighted by atomic mass is 10.0. The van der Waals surface area contributed by atoms with Crippen molar-refractivity contribution in [2.24, 2.45) is 0 Å². The molecule has 1 aromatic carbocycles. The smallest absolute Gasteiger partial charge is 0.144 e. The Morgan fingerprint density at radius 1 is 1.12 bits per heavy atom. The van der Waals surface area contributed by atoms with Crippen LogP contribution in [0.2, 0.25) is 15.1 Å². The van der Waals surface area contributed by atoms with Gasteiger partial charge in [0.1, 0.15) is 5.75 Å². The van der Waals surface area contributed by atoms with E-state index in [1.54, 1.807) is 31.3 Å². The third-order valence-corrected chi connectivity index (χ3v) is 3.41. The molecule has 17 heavy (non-hydrogen) atoms. The third-order valence-electron chi connectivity index (χ3n) is 2.39. The summed E-state index contributed by atoms with van der Waals surface area (Å²) in [5.74, 6) is 0.0766. The molecule has 0 fully saturated rings. The molecule has 2 nitrogen and oxygen atoms in total. The van der Waals surface area contributed by atoms with Crippen molar-refractivity contribution in [3.8, 4) is 16.9 Å². The van der Waals surface area contributed by atoms with Gasteiger partial charge in [0.05, 0.1) is 15.7 Å². The lowest BCUT2D eigenvalue weighted by molar-refractivity contribution is 0.470. The number of aryl methyl sites for hydroxylation is 1. The molecular formula is C12H8Cl3NO. The topological polar surface area (TPSA) is 33.1 Å². The quantitative estimate of drug-likeness (QED) is 0.770. The van der Waals surface area contributed by atoms with Crippen molar-refractivity contribution in [1.82, 2.24) is 4.98 Å². The Hall–Kier alpha value is -0.960. The molecule has 0 aliphatic heterocycles. The van der Waals surface area contributed by atoms with Crippen LogP contribution in [0.25, 0.3) is 11.1 Å². The van der Waals surface area contributed by atoms with Gasteiger partial charge in [0, 0.05) is 22.3 Å². The highest BCUT2D eigenvalue weighted by Gasteiger charge is 2.13. The van der Waals surface area contributed by atoms with Gasteiger partial charge in [-0.3, -0.25) is 4.98 Å². The average Bonchev–Trinajstić information content (AvgIpc) is 2.27. The molecule has 0 aliphatic carbocycles. The fourth-order valence-corrected chi connectivity index (χ4v) is 2.23. The van der Waals surface area contributed by atoms with E-state index < -0.39 is 0 Å². The highest BCUT2D eigenvalue weighted by molar-refractivity contribution is 6.45. The molecule has 1 N–H and O–H groups in total. The molecule has 5 heteroatoms. The van der Waals surface area contributed by atoms with Crippen LogP contribution in [0.3, 0.4) is 0 Å². The third kappa shape index (κ3) is 2.34. The van der Waals surface area contributed by atoms with Gasteiger partial charge < -0.3 is 5.11 Å². The summed E-state index contributed by atoms with van der Waals surface area (Å²) in [4.78, 5) is 3.98. The maximum atomic E-state index is 9.95. The van der Waals surface area contributed by atoms with E-state index in [1.807, 2.05) is 0 Å². The predicted octanol–water partition coefficient (Wildman–Crippen LogP) is 4.72. The first kappa shape index (κ1) is 12.5. The summed E-state index contributed by atoms with van der Waals surface area (Å²) in [6.45, 7) is 1.71. The van der Waals surface area contributed by atoms with Crippen LogP contribution in [0, 0.1) is 6.92 Å². The maximum Gasteiger partial charge on any atom is 0.144 e. The number of benzene rings is 1. The number of pyridine rings is 1. The summed E-state index contributed by atoms with van der Waals surface area (Å²) in [5, 5.41) is 11.1. The molecule has 2 rings (SSSR count). The van der Waals surface area contributed by atoms with Gasteiger partial charge in [-0.05, 0) is 25.1 Å². The van der Waals surface area contributed by atoms with Gasteiger partial charge in [0.25, 0.3) is 0 Å². The fourth-order valence-electron chi connectivity index (χ4n) is 1.53. The van der Waals surface area contributed by atoms with Crippen molar-refractivity contribution in [1.29, 1.82) is 0 Å². The van der Waals surface area contributed by atoms with Gasteiger partial charge in [0.15, 0.2) is 0 Å². The SMILES string of the molecule is Cc1nccc(-c2cc(Cl)cc(Cl)c2Cl)c1O. The minimum absolute atomic E-state index is 0.0766. The van der Waals surface area contributed by atoms with Gasteiger partial charge >= 0.3 is 0 Å². The van der Waals surface area contributed by atoms with Crippen molar-refractivity contribution < 1.29 is 5.11 Å². The second-order valence-corrected chi connectivity index (χ2v) is 4.76. The highest BCUT2D eigenvalue weighted by Crippen LogP contribution is 2.40. The van der Waals surface area contributed by atoms with Crippen molar-refractivity contribution in [2.75, 3.05) is 0 Å². The molecule has 0 spiro atoms. The van der Waals surface area contributed by atoms with Crippen LogP contribution in [0.4, 0.5) is 0 Å². The standard InChI is InChI=1S/C12H8Cl3NO/c1-6-12(17)8(2-3-16-6)9-4-7(13)5-10(14)11(9)15/h2-5,17H,1H3. The van der Waals surface area contributed by atoms with Crippen LogP contribution >= 0.6 is 34.8 Å². The Balaban J connectivity index is 2.73. The van der Waals surface area contributed by atoms with Crippen LogP contribution in [0.5, 0.6) is 5.75 Å². The number of aromatic hydroxyl groups is 1. The van der Waals surface area contributed by atoms with E-state index in [4.69, 9.17) is 34.8 Å². The first-order chi connectivity index (χ1) is 8.00. The van der Waals surface area contributed by atoms with Crippen LogP contribution < -0.4 is 0 Å². The first-order valence-corrected chi connectivity index (χ1v) is 5.93. The normalized spacial score (nSPS) is 10.6. The molecule has 1 heterocycles. The molecule has 0 bridgehead atoms. The zero-order valence-electron chi connectivity index (χ0n) is 8.84. The molecule has 2 aromatic rings. The second-order valence-electron chi connectivity index (χ2n) is 3.54. The second kappa shape index (κ2) is 4.73. The fraction of sp³-hybridized carbons (Fsp3) is 0.0833. The molecule has 0 atom stereocenters.